The number of benzene rings is 2. The Kier molecular flexibility index (Phi) is 4.66. The molecule has 0 fully saturated rings. The number of allylic oxidation sites excluding steroid dienone is 1. The first-order chi connectivity index (χ1) is 9.49. The van der Waals surface area contributed by atoms with Gasteiger partial charge in [0.25, 0.3) is 0 Å². The van der Waals surface area contributed by atoms with E-state index in [1.54, 1.807) is 0 Å². The van der Waals surface area contributed by atoms with Gasteiger partial charge in [-0.1, -0.05) is 59.8 Å². The predicted octanol–water partition coefficient (Wildman–Crippen LogP) is 5.67. The van der Waals surface area contributed by atoms with E-state index >= 15 is 0 Å². The van der Waals surface area contributed by atoms with Gasteiger partial charge >= 0.3 is 0 Å². The fraction of sp³-hybridized carbons (Fsp3) is 0.222. The lowest BCUT2D eigenvalue weighted by Crippen LogP contribution is -1.97. The van der Waals surface area contributed by atoms with Gasteiger partial charge < -0.3 is 5.11 Å². The summed E-state index contributed by atoms with van der Waals surface area (Å²) in [4.78, 5) is 0. The largest absolute Gasteiger partial charge is 0.507 e. The molecule has 0 heterocycles. The third kappa shape index (κ3) is 3.31. The smallest absolute Gasteiger partial charge is 0.121 e. The van der Waals surface area contributed by atoms with Gasteiger partial charge in [-0.2, -0.15) is 0 Å². The van der Waals surface area contributed by atoms with Crippen LogP contribution in [-0.4, -0.2) is 5.11 Å². The van der Waals surface area contributed by atoms with Crippen molar-refractivity contribution in [2.24, 2.45) is 0 Å². The number of phenolic OH excluding ortho intramolecular Hbond substituents is 1. The Bertz CT molecular complexity index is 614. The van der Waals surface area contributed by atoms with Crippen molar-refractivity contribution in [2.75, 3.05) is 0 Å². The second-order valence-corrected chi connectivity index (χ2v) is 6.14. The van der Waals surface area contributed by atoms with E-state index in [1.165, 1.54) is 0 Å². The number of aryl methyl sites for hydroxylation is 1. The molecular formula is C18H19BrO. The average molecular weight is 331 g/mol. The Balaban J connectivity index is 2.15. The minimum absolute atomic E-state index is 0.242. The van der Waals surface area contributed by atoms with E-state index in [0.29, 0.717) is 5.75 Å². The van der Waals surface area contributed by atoms with Gasteiger partial charge in [-0.05, 0) is 53.7 Å². The summed E-state index contributed by atoms with van der Waals surface area (Å²) in [6.07, 6.45) is 0.832. The number of halogens is 1. The van der Waals surface area contributed by atoms with Crippen molar-refractivity contribution in [3.8, 4) is 5.75 Å². The van der Waals surface area contributed by atoms with E-state index < -0.39 is 0 Å². The summed E-state index contributed by atoms with van der Waals surface area (Å²) in [6, 6.07) is 14.1. The van der Waals surface area contributed by atoms with E-state index in [0.717, 1.165) is 33.2 Å². The van der Waals surface area contributed by atoms with Crippen LogP contribution in [0.4, 0.5) is 0 Å². The molecule has 0 saturated carbocycles. The number of phenols is 1. The summed E-state index contributed by atoms with van der Waals surface area (Å²) in [6.45, 7) is 8.22. The normalized spacial score (nSPS) is 12.2. The van der Waals surface area contributed by atoms with Gasteiger partial charge in [0.1, 0.15) is 5.75 Å². The molecule has 0 aliphatic heterocycles. The van der Waals surface area contributed by atoms with Crippen LogP contribution in [0.2, 0.25) is 0 Å². The third-order valence-electron chi connectivity index (χ3n) is 3.60. The van der Waals surface area contributed by atoms with Crippen molar-refractivity contribution in [1.29, 1.82) is 0 Å². The zero-order valence-electron chi connectivity index (χ0n) is 11.9. The molecule has 1 unspecified atom stereocenters. The van der Waals surface area contributed by atoms with Crippen LogP contribution in [-0.2, 0) is 0 Å². The minimum atomic E-state index is 0.242. The van der Waals surface area contributed by atoms with Gasteiger partial charge in [0.15, 0.2) is 0 Å². The number of rotatable bonds is 4. The van der Waals surface area contributed by atoms with Crippen LogP contribution >= 0.6 is 15.9 Å². The predicted molar refractivity (Wildman–Crippen MR) is 89.1 cm³/mol. The summed E-state index contributed by atoms with van der Waals surface area (Å²) >= 11 is 3.44. The summed E-state index contributed by atoms with van der Waals surface area (Å²) in [7, 11) is 0. The van der Waals surface area contributed by atoms with Crippen molar-refractivity contribution < 1.29 is 5.11 Å². The molecule has 0 amide bonds. The third-order valence-corrected chi connectivity index (χ3v) is 4.13. The standard InChI is InChI=1S/C18H19BrO/c1-12-5-4-6-17(18(12)20)14(3)11-13(2)15-7-9-16(19)10-8-15/h4-10,14,20H,2,11H2,1,3H3. The molecule has 2 rings (SSSR count). The molecule has 104 valence electrons. The van der Waals surface area contributed by atoms with Crippen molar-refractivity contribution in [2.45, 2.75) is 26.2 Å². The van der Waals surface area contributed by atoms with Crippen LogP contribution in [0.3, 0.4) is 0 Å². The lowest BCUT2D eigenvalue weighted by atomic mass is 9.90. The molecule has 2 aromatic rings. The van der Waals surface area contributed by atoms with E-state index in [4.69, 9.17) is 0 Å². The van der Waals surface area contributed by atoms with Crippen LogP contribution < -0.4 is 0 Å². The summed E-state index contributed by atoms with van der Waals surface area (Å²) < 4.78 is 1.07. The fourth-order valence-corrected chi connectivity index (χ4v) is 2.63. The maximum Gasteiger partial charge on any atom is 0.121 e. The van der Waals surface area contributed by atoms with Gasteiger partial charge in [0.05, 0.1) is 0 Å². The Labute approximate surface area is 129 Å². The average Bonchev–Trinajstić information content (AvgIpc) is 2.42. The minimum Gasteiger partial charge on any atom is -0.507 e. The molecule has 0 spiro atoms. The zero-order chi connectivity index (χ0) is 14.7. The van der Waals surface area contributed by atoms with Crippen LogP contribution in [0.15, 0.2) is 53.5 Å². The van der Waals surface area contributed by atoms with Crippen molar-refractivity contribution >= 4 is 21.5 Å². The summed E-state index contributed by atoms with van der Waals surface area (Å²) in [5, 5.41) is 10.2. The highest BCUT2D eigenvalue weighted by Gasteiger charge is 2.13. The Morgan fingerprint density at radius 2 is 1.85 bits per heavy atom. The first kappa shape index (κ1) is 14.9. The van der Waals surface area contributed by atoms with Crippen molar-refractivity contribution in [3.05, 3.63) is 70.2 Å². The number of hydrogen-bond acceptors (Lipinski definition) is 1. The highest BCUT2D eigenvalue weighted by molar-refractivity contribution is 9.10. The highest BCUT2D eigenvalue weighted by Crippen LogP contribution is 2.34. The molecule has 1 atom stereocenters. The molecule has 1 N–H and O–H groups in total. The van der Waals surface area contributed by atoms with Crippen LogP contribution in [0.1, 0.15) is 36.0 Å². The van der Waals surface area contributed by atoms with Crippen LogP contribution in [0, 0.1) is 6.92 Å². The van der Waals surface area contributed by atoms with E-state index in [1.807, 2.05) is 37.3 Å². The van der Waals surface area contributed by atoms with Gasteiger partial charge in [-0.15, -0.1) is 0 Å². The fourth-order valence-electron chi connectivity index (χ4n) is 2.36. The van der Waals surface area contributed by atoms with Gasteiger partial charge in [-0.3, -0.25) is 0 Å². The maximum absolute atomic E-state index is 10.2. The molecule has 0 saturated heterocycles. The molecule has 2 heteroatoms. The monoisotopic (exact) mass is 330 g/mol. The van der Waals surface area contributed by atoms with Gasteiger partial charge in [0, 0.05) is 4.47 Å². The molecule has 0 aliphatic carbocycles. The maximum atomic E-state index is 10.2. The SMILES string of the molecule is C=C(CC(C)c1cccc(C)c1O)c1ccc(Br)cc1. The van der Waals surface area contributed by atoms with E-state index in [-0.39, 0.29) is 5.92 Å². The molecule has 0 aromatic heterocycles. The Hall–Kier alpha value is -1.54. The lowest BCUT2D eigenvalue weighted by Gasteiger charge is -2.16. The molecule has 0 radical (unpaired) electrons. The first-order valence-corrected chi connectivity index (χ1v) is 7.50. The summed E-state index contributed by atoms with van der Waals surface area (Å²) in [5.41, 5.74) is 4.14. The first-order valence-electron chi connectivity index (χ1n) is 6.71. The Morgan fingerprint density at radius 3 is 2.50 bits per heavy atom. The number of hydrogen-bond donors (Lipinski definition) is 1. The molecule has 0 bridgehead atoms. The van der Waals surface area contributed by atoms with Crippen LogP contribution in [0.25, 0.3) is 5.57 Å². The number of para-hydroxylation sites is 1. The second kappa shape index (κ2) is 6.27. The molecular weight excluding hydrogens is 312 g/mol. The Morgan fingerprint density at radius 1 is 1.20 bits per heavy atom. The van der Waals surface area contributed by atoms with Crippen molar-refractivity contribution in [3.63, 3.8) is 0 Å². The van der Waals surface area contributed by atoms with Gasteiger partial charge in [-0.25, -0.2) is 0 Å². The second-order valence-electron chi connectivity index (χ2n) is 5.23. The summed E-state index contributed by atoms with van der Waals surface area (Å²) in [5.74, 6) is 0.648. The van der Waals surface area contributed by atoms with E-state index in [2.05, 4.69) is 41.6 Å². The van der Waals surface area contributed by atoms with Gasteiger partial charge in [0.2, 0.25) is 0 Å². The topological polar surface area (TPSA) is 20.2 Å². The molecule has 20 heavy (non-hydrogen) atoms. The van der Waals surface area contributed by atoms with E-state index in [9.17, 15) is 5.11 Å². The lowest BCUT2D eigenvalue weighted by molar-refractivity contribution is 0.459. The quantitative estimate of drug-likeness (QED) is 0.765. The van der Waals surface area contributed by atoms with Crippen LogP contribution in [0.5, 0.6) is 5.75 Å². The molecule has 1 nitrogen and oxygen atoms in total. The number of aromatic hydroxyl groups is 1. The molecule has 2 aromatic carbocycles. The molecule has 0 aliphatic rings. The zero-order valence-corrected chi connectivity index (χ0v) is 13.4. The van der Waals surface area contributed by atoms with Crippen molar-refractivity contribution in [1.82, 2.24) is 0 Å². The highest BCUT2D eigenvalue weighted by atomic mass is 79.9.